The first-order valence-corrected chi connectivity index (χ1v) is 6.30. The average molecular weight is 319 g/mol. The molecule has 0 atom stereocenters. The van der Waals surface area contributed by atoms with Gasteiger partial charge in [-0.15, -0.1) is 0 Å². The molecule has 0 radical (unpaired) electrons. The molecule has 19 heavy (non-hydrogen) atoms. The topological polar surface area (TPSA) is 70.8 Å². The minimum atomic E-state index is 0.341. The van der Waals surface area contributed by atoms with Crippen molar-refractivity contribution >= 4 is 21.7 Å². The first-order chi connectivity index (χ1) is 9.22. The maximum atomic E-state index is 8.75. The smallest absolute Gasteiger partial charge is 0.145 e. The molecule has 0 fully saturated rings. The van der Waals surface area contributed by atoms with Crippen molar-refractivity contribution in [3.8, 4) is 11.8 Å². The van der Waals surface area contributed by atoms with E-state index >= 15 is 0 Å². The lowest BCUT2D eigenvalue weighted by molar-refractivity contribution is 0.412. The summed E-state index contributed by atoms with van der Waals surface area (Å²) in [5.41, 5.74) is 1.42. The first-order valence-electron chi connectivity index (χ1n) is 5.51. The Morgan fingerprint density at radius 3 is 2.89 bits per heavy atom. The number of halogens is 1. The lowest BCUT2D eigenvalue weighted by atomic mass is 10.2. The van der Waals surface area contributed by atoms with E-state index in [-0.39, 0.29) is 0 Å². The molecule has 5 nitrogen and oxygen atoms in total. The fraction of sp³-hybridized carbons (Fsp3) is 0.154. The third-order valence-electron chi connectivity index (χ3n) is 2.47. The lowest BCUT2D eigenvalue weighted by Gasteiger charge is -2.08. The molecule has 6 heteroatoms. The number of hydrogen-bond acceptors (Lipinski definition) is 5. The molecule has 1 aromatic heterocycles. The van der Waals surface area contributed by atoms with Crippen LogP contribution in [0.2, 0.25) is 0 Å². The number of nitrogens with one attached hydrogen (secondary N) is 1. The van der Waals surface area contributed by atoms with E-state index in [0.717, 1.165) is 15.8 Å². The number of nitrogens with zero attached hydrogens (tertiary/aromatic N) is 3. The van der Waals surface area contributed by atoms with Gasteiger partial charge in [-0.25, -0.2) is 9.97 Å². The number of ether oxygens (including phenoxy) is 1. The van der Waals surface area contributed by atoms with E-state index in [1.54, 1.807) is 13.2 Å². The Morgan fingerprint density at radius 2 is 2.21 bits per heavy atom. The Hall–Kier alpha value is -2.13. The van der Waals surface area contributed by atoms with Gasteiger partial charge in [0.05, 0.1) is 11.6 Å². The van der Waals surface area contributed by atoms with Crippen LogP contribution >= 0.6 is 15.9 Å². The summed E-state index contributed by atoms with van der Waals surface area (Å²) in [6, 6.07) is 9.41. The van der Waals surface area contributed by atoms with Gasteiger partial charge in [0.2, 0.25) is 0 Å². The second-order valence-corrected chi connectivity index (χ2v) is 4.58. The van der Waals surface area contributed by atoms with Gasteiger partial charge in [0.1, 0.15) is 29.7 Å². The molecule has 2 aromatic rings. The van der Waals surface area contributed by atoms with Gasteiger partial charge in [-0.1, -0.05) is 6.07 Å². The second-order valence-electron chi connectivity index (χ2n) is 3.72. The van der Waals surface area contributed by atoms with Crippen molar-refractivity contribution in [2.75, 3.05) is 12.4 Å². The van der Waals surface area contributed by atoms with Gasteiger partial charge in [0.25, 0.3) is 0 Å². The number of nitriles is 1. The highest BCUT2D eigenvalue weighted by molar-refractivity contribution is 9.10. The zero-order valence-corrected chi connectivity index (χ0v) is 11.8. The van der Waals surface area contributed by atoms with Gasteiger partial charge in [0, 0.05) is 12.6 Å². The highest BCUT2D eigenvalue weighted by atomic mass is 79.9. The van der Waals surface area contributed by atoms with E-state index in [0.29, 0.717) is 18.1 Å². The van der Waals surface area contributed by atoms with Gasteiger partial charge in [-0.2, -0.15) is 5.26 Å². The number of anilines is 1. The normalized spacial score (nSPS) is 9.74. The molecule has 96 valence electrons. The van der Waals surface area contributed by atoms with Crippen LogP contribution in [0.25, 0.3) is 0 Å². The molecule has 0 aliphatic heterocycles. The fourth-order valence-corrected chi connectivity index (χ4v) is 2.12. The second kappa shape index (κ2) is 6.16. The van der Waals surface area contributed by atoms with Crippen molar-refractivity contribution in [2.45, 2.75) is 6.54 Å². The summed E-state index contributed by atoms with van der Waals surface area (Å²) in [7, 11) is 1.63. The zero-order valence-electron chi connectivity index (χ0n) is 10.2. The van der Waals surface area contributed by atoms with Crippen LogP contribution in [0, 0.1) is 11.3 Å². The molecule has 1 aromatic carbocycles. The van der Waals surface area contributed by atoms with Crippen molar-refractivity contribution < 1.29 is 4.74 Å². The summed E-state index contributed by atoms with van der Waals surface area (Å²) in [5.74, 6) is 1.41. The maximum Gasteiger partial charge on any atom is 0.145 e. The SMILES string of the molecule is COc1ccc(CNc2cc(C#N)ncn2)cc1Br. The Balaban J connectivity index is 2.06. The monoisotopic (exact) mass is 318 g/mol. The predicted octanol–water partition coefficient (Wildman–Crippen LogP) is 2.73. The Kier molecular flexibility index (Phi) is 4.31. The molecule has 0 unspecified atom stereocenters. The van der Waals surface area contributed by atoms with E-state index < -0.39 is 0 Å². The highest BCUT2D eigenvalue weighted by Gasteiger charge is 2.02. The van der Waals surface area contributed by atoms with Gasteiger partial charge in [0.15, 0.2) is 0 Å². The number of methoxy groups -OCH3 is 1. The van der Waals surface area contributed by atoms with E-state index in [9.17, 15) is 0 Å². The van der Waals surface area contributed by atoms with Crippen molar-refractivity contribution in [2.24, 2.45) is 0 Å². The predicted molar refractivity (Wildman–Crippen MR) is 74.8 cm³/mol. The maximum absolute atomic E-state index is 8.75. The number of rotatable bonds is 4. The average Bonchev–Trinajstić information content (AvgIpc) is 2.45. The van der Waals surface area contributed by atoms with Gasteiger partial charge in [-0.3, -0.25) is 0 Å². The number of benzene rings is 1. The quantitative estimate of drug-likeness (QED) is 0.938. The minimum Gasteiger partial charge on any atom is -0.496 e. The zero-order chi connectivity index (χ0) is 13.7. The van der Waals surface area contributed by atoms with Gasteiger partial charge >= 0.3 is 0 Å². The van der Waals surface area contributed by atoms with Crippen molar-refractivity contribution in [1.82, 2.24) is 9.97 Å². The molecular formula is C13H11BrN4O. The van der Waals surface area contributed by atoms with Crippen LogP contribution in [0.3, 0.4) is 0 Å². The van der Waals surface area contributed by atoms with E-state index in [1.165, 1.54) is 6.33 Å². The molecule has 0 saturated heterocycles. The molecule has 0 bridgehead atoms. The first kappa shape index (κ1) is 13.3. The summed E-state index contributed by atoms with van der Waals surface area (Å²) in [6.07, 6.45) is 1.37. The van der Waals surface area contributed by atoms with Crippen LogP contribution < -0.4 is 10.1 Å². The largest absolute Gasteiger partial charge is 0.496 e. The molecular weight excluding hydrogens is 308 g/mol. The van der Waals surface area contributed by atoms with Crippen molar-refractivity contribution in [1.29, 1.82) is 5.26 Å². The number of hydrogen-bond donors (Lipinski definition) is 1. The Labute approximate surface area is 119 Å². The van der Waals surface area contributed by atoms with Crippen LogP contribution in [0.15, 0.2) is 35.1 Å². The molecule has 0 spiro atoms. The summed E-state index contributed by atoms with van der Waals surface area (Å²) < 4.78 is 6.07. The Bertz CT molecular complexity index is 624. The van der Waals surface area contributed by atoms with Crippen molar-refractivity contribution in [3.63, 3.8) is 0 Å². The summed E-state index contributed by atoms with van der Waals surface area (Å²) in [6.45, 7) is 0.602. The molecule has 2 rings (SSSR count). The molecule has 1 heterocycles. The minimum absolute atomic E-state index is 0.341. The Morgan fingerprint density at radius 1 is 1.37 bits per heavy atom. The third-order valence-corrected chi connectivity index (χ3v) is 3.09. The molecule has 0 saturated carbocycles. The molecule has 0 amide bonds. The lowest BCUT2D eigenvalue weighted by Crippen LogP contribution is -2.02. The third kappa shape index (κ3) is 3.42. The van der Waals surface area contributed by atoms with Crippen LogP contribution in [0.4, 0.5) is 5.82 Å². The van der Waals surface area contributed by atoms with Crippen LogP contribution in [0.1, 0.15) is 11.3 Å². The van der Waals surface area contributed by atoms with Crippen molar-refractivity contribution in [3.05, 3.63) is 46.3 Å². The van der Waals surface area contributed by atoms with E-state index in [4.69, 9.17) is 10.00 Å². The van der Waals surface area contributed by atoms with Crippen LogP contribution in [-0.4, -0.2) is 17.1 Å². The van der Waals surface area contributed by atoms with E-state index in [1.807, 2.05) is 24.3 Å². The molecule has 1 N–H and O–H groups in total. The number of aromatic nitrogens is 2. The van der Waals surface area contributed by atoms with Crippen LogP contribution in [-0.2, 0) is 6.54 Å². The van der Waals surface area contributed by atoms with Crippen LogP contribution in [0.5, 0.6) is 5.75 Å². The summed E-state index contributed by atoms with van der Waals surface area (Å²) >= 11 is 3.43. The van der Waals surface area contributed by atoms with Gasteiger partial charge < -0.3 is 10.1 Å². The molecule has 0 aliphatic carbocycles. The highest BCUT2D eigenvalue weighted by Crippen LogP contribution is 2.25. The standard InChI is InChI=1S/C13H11BrN4O/c1-19-12-3-2-9(4-11(12)14)7-16-13-5-10(6-15)17-8-18-13/h2-5,8H,7H2,1H3,(H,16,17,18). The molecule has 0 aliphatic rings. The fourth-order valence-electron chi connectivity index (χ4n) is 1.53. The van der Waals surface area contributed by atoms with Gasteiger partial charge in [-0.05, 0) is 33.6 Å². The summed E-state index contributed by atoms with van der Waals surface area (Å²) in [5, 5.41) is 11.9. The van der Waals surface area contributed by atoms with E-state index in [2.05, 4.69) is 31.2 Å². The summed E-state index contributed by atoms with van der Waals surface area (Å²) in [4.78, 5) is 7.86.